The van der Waals surface area contributed by atoms with E-state index in [-0.39, 0.29) is 0 Å². The van der Waals surface area contributed by atoms with Crippen molar-refractivity contribution >= 4 is 0 Å². The molecule has 2 aliphatic carbocycles. The quantitative estimate of drug-likeness (QED) is 0.814. The summed E-state index contributed by atoms with van der Waals surface area (Å²) in [6.07, 6.45) is 5.76. The molecular formula is C13H22N4. The van der Waals surface area contributed by atoms with E-state index in [4.69, 9.17) is 0 Å². The topological polar surface area (TPSA) is 42.7 Å². The largest absolute Gasteiger partial charge is 0.312 e. The first-order valence-electron chi connectivity index (χ1n) is 6.85. The third-order valence-corrected chi connectivity index (χ3v) is 3.93. The van der Waals surface area contributed by atoms with E-state index in [1.165, 1.54) is 25.7 Å². The standard InChI is InChI=1S/C13H22N4/c1-9-15-10(2)17(16-9)8-7-14-13(11-3-4-11)12-5-6-12/h11-14H,3-8H2,1-2H3. The molecule has 1 aromatic heterocycles. The van der Waals surface area contributed by atoms with Gasteiger partial charge in [-0.3, -0.25) is 0 Å². The van der Waals surface area contributed by atoms with Crippen LogP contribution in [-0.2, 0) is 6.54 Å². The lowest BCUT2D eigenvalue weighted by Crippen LogP contribution is -2.35. The summed E-state index contributed by atoms with van der Waals surface area (Å²) in [5.74, 6) is 3.85. The Morgan fingerprint density at radius 1 is 1.24 bits per heavy atom. The first-order valence-corrected chi connectivity index (χ1v) is 6.85. The summed E-state index contributed by atoms with van der Waals surface area (Å²) < 4.78 is 2.01. The highest BCUT2D eigenvalue weighted by molar-refractivity contribution is 4.96. The number of aryl methyl sites for hydroxylation is 2. The van der Waals surface area contributed by atoms with Crippen LogP contribution in [0.15, 0.2) is 0 Å². The first-order chi connectivity index (χ1) is 8.24. The molecule has 0 unspecified atom stereocenters. The van der Waals surface area contributed by atoms with Crippen molar-refractivity contribution in [2.24, 2.45) is 11.8 Å². The van der Waals surface area contributed by atoms with Crippen molar-refractivity contribution in [3.63, 3.8) is 0 Å². The average molecular weight is 234 g/mol. The second-order valence-corrected chi connectivity index (χ2v) is 5.58. The Balaban J connectivity index is 1.49. The number of hydrogen-bond acceptors (Lipinski definition) is 3. The molecule has 2 aliphatic rings. The molecule has 1 N–H and O–H groups in total. The highest BCUT2D eigenvalue weighted by Gasteiger charge is 2.40. The first kappa shape index (κ1) is 11.2. The maximum Gasteiger partial charge on any atom is 0.147 e. The molecule has 0 atom stereocenters. The molecule has 2 fully saturated rings. The van der Waals surface area contributed by atoms with Crippen LogP contribution >= 0.6 is 0 Å². The zero-order valence-corrected chi connectivity index (χ0v) is 10.8. The van der Waals surface area contributed by atoms with Crippen LogP contribution in [0.3, 0.4) is 0 Å². The second kappa shape index (κ2) is 4.41. The van der Waals surface area contributed by atoms with E-state index in [9.17, 15) is 0 Å². The summed E-state index contributed by atoms with van der Waals surface area (Å²) in [5.41, 5.74) is 0. The van der Waals surface area contributed by atoms with Crippen molar-refractivity contribution in [3.05, 3.63) is 11.6 Å². The van der Waals surface area contributed by atoms with Crippen molar-refractivity contribution in [1.29, 1.82) is 0 Å². The molecule has 0 aliphatic heterocycles. The minimum Gasteiger partial charge on any atom is -0.312 e. The van der Waals surface area contributed by atoms with Crippen LogP contribution in [0.4, 0.5) is 0 Å². The molecule has 1 heterocycles. The van der Waals surface area contributed by atoms with E-state index in [0.29, 0.717) is 0 Å². The molecule has 0 amide bonds. The van der Waals surface area contributed by atoms with Gasteiger partial charge in [0.25, 0.3) is 0 Å². The fourth-order valence-corrected chi connectivity index (χ4v) is 2.74. The van der Waals surface area contributed by atoms with Gasteiger partial charge < -0.3 is 5.32 Å². The Labute approximate surface area is 103 Å². The van der Waals surface area contributed by atoms with Gasteiger partial charge in [-0.05, 0) is 51.4 Å². The monoisotopic (exact) mass is 234 g/mol. The normalized spacial score (nSPS) is 20.2. The number of rotatable bonds is 6. The Hall–Kier alpha value is -0.900. The van der Waals surface area contributed by atoms with E-state index in [1.54, 1.807) is 0 Å². The van der Waals surface area contributed by atoms with Crippen molar-refractivity contribution in [1.82, 2.24) is 20.1 Å². The molecule has 2 saturated carbocycles. The average Bonchev–Trinajstić information content (AvgIpc) is 3.14. The Kier molecular flexibility index (Phi) is 2.90. The van der Waals surface area contributed by atoms with Crippen molar-refractivity contribution in [2.45, 2.75) is 52.1 Å². The molecule has 94 valence electrons. The molecule has 0 aromatic carbocycles. The highest BCUT2D eigenvalue weighted by Crippen LogP contribution is 2.44. The van der Waals surface area contributed by atoms with Gasteiger partial charge in [0.15, 0.2) is 0 Å². The van der Waals surface area contributed by atoms with Crippen LogP contribution in [0.2, 0.25) is 0 Å². The lowest BCUT2D eigenvalue weighted by Gasteiger charge is -2.17. The zero-order valence-electron chi connectivity index (χ0n) is 10.8. The van der Waals surface area contributed by atoms with Gasteiger partial charge in [0, 0.05) is 12.6 Å². The van der Waals surface area contributed by atoms with Gasteiger partial charge in [-0.25, -0.2) is 9.67 Å². The van der Waals surface area contributed by atoms with Crippen LogP contribution in [0, 0.1) is 25.7 Å². The van der Waals surface area contributed by atoms with Crippen LogP contribution in [-0.4, -0.2) is 27.4 Å². The van der Waals surface area contributed by atoms with Gasteiger partial charge in [0.2, 0.25) is 0 Å². The molecule has 0 bridgehead atoms. The molecular weight excluding hydrogens is 212 g/mol. The molecule has 17 heavy (non-hydrogen) atoms. The minimum atomic E-state index is 0.792. The second-order valence-electron chi connectivity index (χ2n) is 5.58. The summed E-state index contributed by atoms with van der Waals surface area (Å²) >= 11 is 0. The highest BCUT2D eigenvalue weighted by atomic mass is 15.3. The predicted molar refractivity (Wildman–Crippen MR) is 66.7 cm³/mol. The van der Waals surface area contributed by atoms with Gasteiger partial charge in [0.05, 0.1) is 6.54 Å². The van der Waals surface area contributed by atoms with Gasteiger partial charge in [0.1, 0.15) is 11.6 Å². The number of hydrogen-bond donors (Lipinski definition) is 1. The number of aromatic nitrogens is 3. The van der Waals surface area contributed by atoms with Crippen molar-refractivity contribution in [3.8, 4) is 0 Å². The van der Waals surface area contributed by atoms with E-state index in [1.807, 2.05) is 18.5 Å². The number of nitrogens with one attached hydrogen (secondary N) is 1. The summed E-state index contributed by atoms with van der Waals surface area (Å²) in [7, 11) is 0. The molecule has 0 saturated heterocycles. The molecule has 0 radical (unpaired) electrons. The van der Waals surface area contributed by atoms with E-state index in [2.05, 4.69) is 15.4 Å². The lowest BCUT2D eigenvalue weighted by molar-refractivity contribution is 0.398. The molecule has 4 nitrogen and oxygen atoms in total. The predicted octanol–water partition coefficient (Wildman–Crippen LogP) is 1.67. The van der Waals surface area contributed by atoms with Gasteiger partial charge in [-0.1, -0.05) is 0 Å². The SMILES string of the molecule is Cc1nc(C)n(CCNC(C2CC2)C2CC2)n1. The molecule has 0 spiro atoms. The van der Waals surface area contributed by atoms with Crippen LogP contribution in [0.25, 0.3) is 0 Å². The zero-order chi connectivity index (χ0) is 11.8. The summed E-state index contributed by atoms with van der Waals surface area (Å²) in [5, 5.41) is 8.13. The van der Waals surface area contributed by atoms with Gasteiger partial charge in [-0.15, -0.1) is 0 Å². The van der Waals surface area contributed by atoms with Gasteiger partial charge >= 0.3 is 0 Å². The van der Waals surface area contributed by atoms with E-state index in [0.717, 1.165) is 42.6 Å². The van der Waals surface area contributed by atoms with E-state index >= 15 is 0 Å². The van der Waals surface area contributed by atoms with Crippen molar-refractivity contribution < 1.29 is 0 Å². The Morgan fingerprint density at radius 2 is 1.88 bits per heavy atom. The molecule has 4 heteroatoms. The van der Waals surface area contributed by atoms with Crippen molar-refractivity contribution in [2.75, 3.05) is 6.54 Å². The Bertz CT molecular complexity index is 378. The van der Waals surface area contributed by atoms with E-state index < -0.39 is 0 Å². The third kappa shape index (κ3) is 2.68. The lowest BCUT2D eigenvalue weighted by atomic mass is 10.1. The summed E-state index contributed by atoms with van der Waals surface area (Å²) in [4.78, 5) is 4.33. The maximum absolute atomic E-state index is 4.39. The Morgan fingerprint density at radius 3 is 2.35 bits per heavy atom. The maximum atomic E-state index is 4.39. The fraction of sp³-hybridized carbons (Fsp3) is 0.846. The fourth-order valence-electron chi connectivity index (χ4n) is 2.74. The van der Waals surface area contributed by atoms with Gasteiger partial charge in [-0.2, -0.15) is 5.10 Å². The molecule has 1 aromatic rings. The van der Waals surface area contributed by atoms with Crippen LogP contribution in [0.1, 0.15) is 37.3 Å². The van der Waals surface area contributed by atoms with Crippen LogP contribution in [0.5, 0.6) is 0 Å². The third-order valence-electron chi connectivity index (χ3n) is 3.93. The van der Waals surface area contributed by atoms with Crippen LogP contribution < -0.4 is 5.32 Å². The summed E-state index contributed by atoms with van der Waals surface area (Å²) in [6, 6.07) is 0.792. The molecule has 3 rings (SSSR count). The smallest absolute Gasteiger partial charge is 0.147 e. The number of nitrogens with zero attached hydrogens (tertiary/aromatic N) is 3. The minimum absolute atomic E-state index is 0.792. The summed E-state index contributed by atoms with van der Waals surface area (Å²) in [6.45, 7) is 5.96.